The molecule has 1 aromatic carbocycles. The number of carbonyl (C=O) groups is 2. The van der Waals surface area contributed by atoms with E-state index in [-0.39, 0.29) is 31.1 Å². The minimum absolute atomic E-state index is 0.0317. The molecule has 1 unspecified atom stereocenters. The van der Waals surface area contributed by atoms with Gasteiger partial charge in [-0.1, -0.05) is 30.3 Å². The van der Waals surface area contributed by atoms with Gasteiger partial charge in [-0.25, -0.2) is 4.98 Å². The second kappa shape index (κ2) is 10.1. The van der Waals surface area contributed by atoms with Crippen LogP contribution >= 0.6 is 11.3 Å². The largest absolute Gasteiger partial charge is 0.376 e. The van der Waals surface area contributed by atoms with Crippen LogP contribution in [0.1, 0.15) is 18.4 Å². The Hall–Kier alpha value is -2.29. The monoisotopic (exact) mass is 389 g/mol. The Labute approximate surface area is 162 Å². The Kier molecular flexibility index (Phi) is 7.32. The first-order chi connectivity index (χ1) is 13.2. The third-order valence-electron chi connectivity index (χ3n) is 4.15. The van der Waals surface area contributed by atoms with E-state index in [1.54, 1.807) is 11.6 Å². The maximum Gasteiger partial charge on any atom is 0.249 e. The Bertz CT molecular complexity index is 718. The van der Waals surface area contributed by atoms with Crippen LogP contribution < -0.4 is 5.32 Å². The van der Waals surface area contributed by atoms with E-state index < -0.39 is 0 Å². The standard InChI is InChI=1S/C19H23N3O4S/c23-17(21-19-20-8-10-27-19)12-22(11-16-7-4-9-26-16)18(24)14-25-13-15-5-2-1-3-6-15/h1-3,5-6,8,10,16H,4,7,9,11-14H2,(H,20,21,23). The number of amides is 2. The van der Waals surface area contributed by atoms with Crippen LogP contribution in [0, 0.1) is 0 Å². The third kappa shape index (κ3) is 6.42. The number of ether oxygens (including phenoxy) is 2. The maximum atomic E-state index is 12.6. The van der Waals surface area contributed by atoms with Gasteiger partial charge >= 0.3 is 0 Å². The summed E-state index contributed by atoms with van der Waals surface area (Å²) in [5.41, 5.74) is 0.998. The van der Waals surface area contributed by atoms with Crippen molar-refractivity contribution in [1.29, 1.82) is 0 Å². The summed E-state index contributed by atoms with van der Waals surface area (Å²) in [7, 11) is 0. The molecular weight excluding hydrogens is 366 g/mol. The summed E-state index contributed by atoms with van der Waals surface area (Å²) in [6, 6.07) is 9.66. The van der Waals surface area contributed by atoms with Crippen molar-refractivity contribution in [3.8, 4) is 0 Å². The van der Waals surface area contributed by atoms with Crippen LogP contribution in [0.3, 0.4) is 0 Å². The first-order valence-corrected chi connectivity index (χ1v) is 9.79. The molecule has 0 spiro atoms. The molecule has 0 bridgehead atoms. The van der Waals surface area contributed by atoms with Gasteiger partial charge in [-0.3, -0.25) is 9.59 Å². The van der Waals surface area contributed by atoms with E-state index in [1.807, 2.05) is 30.3 Å². The quantitative estimate of drug-likeness (QED) is 0.712. The lowest BCUT2D eigenvalue weighted by Crippen LogP contribution is -2.43. The van der Waals surface area contributed by atoms with Gasteiger partial charge in [0.15, 0.2) is 5.13 Å². The summed E-state index contributed by atoms with van der Waals surface area (Å²) in [5.74, 6) is -0.505. The van der Waals surface area contributed by atoms with Crippen molar-refractivity contribution in [2.24, 2.45) is 0 Å². The molecule has 0 aliphatic carbocycles. The predicted octanol–water partition coefficient (Wildman–Crippen LogP) is 2.31. The van der Waals surface area contributed by atoms with Gasteiger partial charge in [0.1, 0.15) is 13.2 Å². The molecule has 27 heavy (non-hydrogen) atoms. The van der Waals surface area contributed by atoms with Gasteiger partial charge in [-0.05, 0) is 18.4 Å². The molecular formula is C19H23N3O4S. The first-order valence-electron chi connectivity index (χ1n) is 8.91. The van der Waals surface area contributed by atoms with Crippen molar-refractivity contribution in [3.63, 3.8) is 0 Å². The molecule has 3 rings (SSSR count). The smallest absolute Gasteiger partial charge is 0.249 e. The zero-order valence-corrected chi connectivity index (χ0v) is 15.8. The van der Waals surface area contributed by atoms with Gasteiger partial charge in [0, 0.05) is 24.7 Å². The van der Waals surface area contributed by atoms with Crippen LogP contribution in [0.4, 0.5) is 5.13 Å². The van der Waals surface area contributed by atoms with Crippen molar-refractivity contribution in [2.75, 3.05) is 31.6 Å². The summed E-state index contributed by atoms with van der Waals surface area (Å²) in [5, 5.41) is 5.01. The number of rotatable bonds is 9. The SMILES string of the molecule is O=C(CN(CC1CCCO1)C(=O)COCc1ccccc1)Nc1nccs1. The Morgan fingerprint density at radius 1 is 1.33 bits per heavy atom. The lowest BCUT2D eigenvalue weighted by atomic mass is 10.2. The summed E-state index contributed by atoms with van der Waals surface area (Å²) < 4.78 is 11.2. The van der Waals surface area contributed by atoms with E-state index >= 15 is 0 Å². The maximum absolute atomic E-state index is 12.6. The lowest BCUT2D eigenvalue weighted by molar-refractivity contribution is -0.140. The highest BCUT2D eigenvalue weighted by atomic mass is 32.1. The number of benzene rings is 1. The topological polar surface area (TPSA) is 80.8 Å². The molecule has 144 valence electrons. The Morgan fingerprint density at radius 3 is 2.89 bits per heavy atom. The van der Waals surface area contributed by atoms with Crippen molar-refractivity contribution in [3.05, 3.63) is 47.5 Å². The molecule has 1 saturated heterocycles. The molecule has 1 aliphatic heterocycles. The van der Waals surface area contributed by atoms with Crippen molar-refractivity contribution in [2.45, 2.75) is 25.6 Å². The summed E-state index contributed by atoms with van der Waals surface area (Å²) in [6.45, 7) is 1.31. The second-order valence-corrected chi connectivity index (χ2v) is 7.17. The van der Waals surface area contributed by atoms with Gasteiger partial charge in [0.05, 0.1) is 12.7 Å². The molecule has 1 aromatic heterocycles. The van der Waals surface area contributed by atoms with Crippen molar-refractivity contribution in [1.82, 2.24) is 9.88 Å². The van der Waals surface area contributed by atoms with Crippen molar-refractivity contribution < 1.29 is 19.1 Å². The minimum atomic E-state index is -0.278. The van der Waals surface area contributed by atoms with Crippen LogP contribution in [0.15, 0.2) is 41.9 Å². The normalized spacial score (nSPS) is 16.2. The van der Waals surface area contributed by atoms with E-state index in [1.165, 1.54) is 16.2 Å². The predicted molar refractivity (Wildman–Crippen MR) is 102 cm³/mol. The molecule has 0 saturated carbocycles. The number of aromatic nitrogens is 1. The van der Waals surface area contributed by atoms with Crippen molar-refractivity contribution >= 4 is 28.3 Å². The number of thiazole rings is 1. The molecule has 1 N–H and O–H groups in total. The lowest BCUT2D eigenvalue weighted by Gasteiger charge is -2.24. The molecule has 1 fully saturated rings. The summed E-state index contributed by atoms with van der Waals surface area (Å²) >= 11 is 1.34. The summed E-state index contributed by atoms with van der Waals surface area (Å²) in [6.07, 6.45) is 3.45. The third-order valence-corrected chi connectivity index (χ3v) is 4.84. The molecule has 2 heterocycles. The van der Waals surface area contributed by atoms with E-state index in [0.29, 0.717) is 24.9 Å². The second-order valence-electron chi connectivity index (χ2n) is 6.27. The zero-order chi connectivity index (χ0) is 18.9. The fraction of sp³-hybridized carbons (Fsp3) is 0.421. The van der Waals surface area contributed by atoms with Gasteiger partial charge in [-0.15, -0.1) is 11.3 Å². The number of nitrogens with zero attached hydrogens (tertiary/aromatic N) is 2. The highest BCUT2D eigenvalue weighted by molar-refractivity contribution is 7.13. The van der Waals surface area contributed by atoms with Crippen LogP contribution in [0.5, 0.6) is 0 Å². The highest BCUT2D eigenvalue weighted by Gasteiger charge is 2.24. The Morgan fingerprint density at radius 2 is 2.19 bits per heavy atom. The molecule has 7 nitrogen and oxygen atoms in total. The average Bonchev–Trinajstić information content (AvgIpc) is 3.36. The molecule has 2 amide bonds. The number of nitrogens with one attached hydrogen (secondary N) is 1. The van der Waals surface area contributed by atoms with Gasteiger partial charge < -0.3 is 19.7 Å². The van der Waals surface area contributed by atoms with Gasteiger partial charge in [-0.2, -0.15) is 0 Å². The van der Waals surface area contributed by atoms with E-state index in [2.05, 4.69) is 10.3 Å². The van der Waals surface area contributed by atoms with E-state index in [4.69, 9.17) is 9.47 Å². The fourth-order valence-corrected chi connectivity index (χ4v) is 3.37. The van der Waals surface area contributed by atoms with Gasteiger partial charge in [0.2, 0.25) is 11.8 Å². The highest BCUT2D eigenvalue weighted by Crippen LogP contribution is 2.14. The number of carbonyl (C=O) groups excluding carboxylic acids is 2. The zero-order valence-electron chi connectivity index (χ0n) is 15.0. The first kappa shape index (κ1) is 19.5. The summed E-state index contributed by atoms with van der Waals surface area (Å²) in [4.78, 5) is 30.4. The van der Waals surface area contributed by atoms with Crippen LogP contribution in [-0.4, -0.2) is 54.1 Å². The average molecular weight is 389 g/mol. The Balaban J connectivity index is 1.52. The van der Waals surface area contributed by atoms with Crippen LogP contribution in [0.25, 0.3) is 0 Å². The minimum Gasteiger partial charge on any atom is -0.376 e. The number of hydrogen-bond acceptors (Lipinski definition) is 6. The van der Waals surface area contributed by atoms with Gasteiger partial charge in [0.25, 0.3) is 0 Å². The number of hydrogen-bond donors (Lipinski definition) is 1. The van der Waals surface area contributed by atoms with E-state index in [0.717, 1.165) is 18.4 Å². The molecule has 1 atom stereocenters. The molecule has 0 radical (unpaired) electrons. The van der Waals surface area contributed by atoms with Crippen LogP contribution in [-0.2, 0) is 25.7 Å². The number of anilines is 1. The molecule has 1 aliphatic rings. The molecule has 2 aromatic rings. The van der Waals surface area contributed by atoms with E-state index in [9.17, 15) is 9.59 Å². The fourth-order valence-electron chi connectivity index (χ4n) is 2.83. The molecule has 8 heteroatoms. The van der Waals surface area contributed by atoms with Crippen LogP contribution in [0.2, 0.25) is 0 Å².